The van der Waals surface area contributed by atoms with Gasteiger partial charge in [-0.15, -0.1) is 0 Å². The van der Waals surface area contributed by atoms with Gasteiger partial charge >= 0.3 is 5.97 Å². The number of ketones is 1. The molecule has 1 aliphatic rings. The highest BCUT2D eigenvalue weighted by atomic mass is 16.5. The molecule has 0 unspecified atom stereocenters. The number of benzene rings is 3. The summed E-state index contributed by atoms with van der Waals surface area (Å²) < 4.78 is 16.7. The number of allylic oxidation sites excluding steroid dienone is 1. The predicted molar refractivity (Wildman–Crippen MR) is 113 cm³/mol. The Morgan fingerprint density at radius 2 is 1.80 bits per heavy atom. The van der Waals surface area contributed by atoms with Gasteiger partial charge in [-0.1, -0.05) is 35.9 Å². The summed E-state index contributed by atoms with van der Waals surface area (Å²) in [5.41, 5.74) is 3.30. The first kappa shape index (κ1) is 19.5. The normalized spacial score (nSPS) is 13.7. The van der Waals surface area contributed by atoms with E-state index in [1.165, 1.54) is 0 Å². The lowest BCUT2D eigenvalue weighted by atomic mass is 10.0. The fourth-order valence-electron chi connectivity index (χ4n) is 3.40. The average molecular weight is 400 g/mol. The largest absolute Gasteiger partial charge is 0.496 e. The van der Waals surface area contributed by atoms with Crippen LogP contribution in [0.3, 0.4) is 0 Å². The first-order chi connectivity index (χ1) is 14.5. The van der Waals surface area contributed by atoms with Gasteiger partial charge in [0.25, 0.3) is 0 Å². The number of para-hydroxylation sites is 1. The summed E-state index contributed by atoms with van der Waals surface area (Å²) in [6, 6.07) is 17.8. The van der Waals surface area contributed by atoms with Crippen molar-refractivity contribution in [1.82, 2.24) is 0 Å². The highest BCUT2D eigenvalue weighted by molar-refractivity contribution is 6.15. The first-order valence-electron chi connectivity index (χ1n) is 9.47. The molecule has 1 heterocycles. The van der Waals surface area contributed by atoms with Gasteiger partial charge in [0.2, 0.25) is 5.78 Å². The molecule has 0 aromatic heterocycles. The summed E-state index contributed by atoms with van der Waals surface area (Å²) in [5, 5.41) is 0. The Balaban J connectivity index is 1.63. The number of carbonyl (C=O) groups excluding carboxylic acids is 2. The SMILES string of the molecule is COc1ccccc1/C=C1\Oc2cc(OC(=O)c3cccc(C)c3)cc(C)c2C1=O. The van der Waals surface area contributed by atoms with Crippen LogP contribution in [0.1, 0.15) is 37.4 Å². The molecule has 0 radical (unpaired) electrons. The number of esters is 1. The minimum atomic E-state index is -0.466. The number of ether oxygens (including phenoxy) is 3. The van der Waals surface area contributed by atoms with E-state index in [1.54, 1.807) is 50.4 Å². The van der Waals surface area contributed by atoms with E-state index in [0.29, 0.717) is 33.9 Å². The predicted octanol–water partition coefficient (Wildman–Crippen LogP) is 5.15. The first-order valence-corrected chi connectivity index (χ1v) is 9.47. The minimum Gasteiger partial charge on any atom is -0.496 e. The number of hydrogen-bond donors (Lipinski definition) is 0. The molecule has 0 spiro atoms. The van der Waals surface area contributed by atoms with Crippen molar-refractivity contribution in [2.45, 2.75) is 13.8 Å². The van der Waals surface area contributed by atoms with Crippen molar-refractivity contribution in [1.29, 1.82) is 0 Å². The number of aryl methyl sites for hydroxylation is 2. The maximum Gasteiger partial charge on any atom is 0.343 e. The second-order valence-electron chi connectivity index (χ2n) is 7.05. The van der Waals surface area contributed by atoms with Crippen LogP contribution in [0.5, 0.6) is 17.2 Å². The van der Waals surface area contributed by atoms with Crippen LogP contribution in [0.2, 0.25) is 0 Å². The van der Waals surface area contributed by atoms with Crippen LogP contribution in [0.4, 0.5) is 0 Å². The van der Waals surface area contributed by atoms with Gasteiger partial charge in [-0.3, -0.25) is 4.79 Å². The maximum absolute atomic E-state index is 12.9. The van der Waals surface area contributed by atoms with E-state index in [-0.39, 0.29) is 11.5 Å². The van der Waals surface area contributed by atoms with Crippen molar-refractivity contribution in [2.24, 2.45) is 0 Å². The van der Waals surface area contributed by atoms with E-state index in [2.05, 4.69) is 0 Å². The molecule has 5 nitrogen and oxygen atoms in total. The van der Waals surface area contributed by atoms with Crippen LogP contribution in [0, 0.1) is 13.8 Å². The molecule has 0 amide bonds. The summed E-state index contributed by atoms with van der Waals surface area (Å²) in [4.78, 5) is 25.3. The van der Waals surface area contributed by atoms with E-state index in [1.807, 2.05) is 37.3 Å². The van der Waals surface area contributed by atoms with Crippen LogP contribution in [-0.4, -0.2) is 18.9 Å². The maximum atomic E-state index is 12.9. The summed E-state index contributed by atoms with van der Waals surface area (Å²) in [5.74, 6) is 0.844. The van der Waals surface area contributed by atoms with Crippen molar-refractivity contribution in [3.8, 4) is 17.2 Å². The number of Topliss-reactive ketones (excluding diaryl/α,β-unsaturated/α-hetero) is 1. The Hall–Kier alpha value is -3.86. The van der Waals surface area contributed by atoms with Gasteiger partial charge in [-0.25, -0.2) is 4.79 Å². The van der Waals surface area contributed by atoms with Crippen molar-refractivity contribution in [3.63, 3.8) is 0 Å². The average Bonchev–Trinajstić information content (AvgIpc) is 3.04. The van der Waals surface area contributed by atoms with Crippen molar-refractivity contribution in [2.75, 3.05) is 7.11 Å². The number of hydrogen-bond acceptors (Lipinski definition) is 5. The van der Waals surface area contributed by atoms with Crippen molar-refractivity contribution >= 4 is 17.8 Å². The molecule has 0 fully saturated rings. The van der Waals surface area contributed by atoms with Gasteiger partial charge in [0.1, 0.15) is 17.2 Å². The van der Waals surface area contributed by atoms with Gasteiger partial charge in [-0.2, -0.15) is 0 Å². The van der Waals surface area contributed by atoms with E-state index in [0.717, 1.165) is 11.1 Å². The standard InChI is InChI=1S/C25H20O5/c1-15-7-6-9-18(11-15)25(27)29-19-12-16(2)23-21(14-19)30-22(24(23)26)13-17-8-4-5-10-20(17)28-3/h4-14H,1-3H3/b22-13-. The molecule has 5 heteroatoms. The lowest BCUT2D eigenvalue weighted by Gasteiger charge is -2.08. The molecule has 0 aliphatic carbocycles. The molecule has 3 aromatic carbocycles. The topological polar surface area (TPSA) is 61.8 Å². The molecule has 30 heavy (non-hydrogen) atoms. The molecule has 0 bridgehead atoms. The Kier molecular flexibility index (Phi) is 5.11. The van der Waals surface area contributed by atoms with Crippen molar-refractivity contribution < 1.29 is 23.8 Å². The molecule has 3 aromatic rings. The van der Waals surface area contributed by atoms with Gasteiger partial charge < -0.3 is 14.2 Å². The lowest BCUT2D eigenvalue weighted by Crippen LogP contribution is -2.09. The second kappa shape index (κ2) is 7.87. The summed E-state index contributed by atoms with van der Waals surface area (Å²) >= 11 is 0. The number of fused-ring (bicyclic) bond motifs is 1. The zero-order valence-electron chi connectivity index (χ0n) is 16.9. The van der Waals surface area contributed by atoms with Crippen LogP contribution in [-0.2, 0) is 0 Å². The second-order valence-corrected chi connectivity index (χ2v) is 7.05. The highest BCUT2D eigenvalue weighted by Crippen LogP contribution is 2.38. The third-order valence-corrected chi connectivity index (χ3v) is 4.83. The van der Waals surface area contributed by atoms with E-state index in [4.69, 9.17) is 14.2 Å². The quantitative estimate of drug-likeness (QED) is 0.344. The van der Waals surface area contributed by atoms with Gasteiger partial charge in [-0.05, 0) is 49.8 Å². The van der Waals surface area contributed by atoms with E-state index in [9.17, 15) is 9.59 Å². The molecular weight excluding hydrogens is 380 g/mol. The monoisotopic (exact) mass is 400 g/mol. The molecule has 0 saturated carbocycles. The Morgan fingerprint density at radius 1 is 1.00 bits per heavy atom. The molecule has 1 aliphatic heterocycles. The molecular formula is C25H20O5. The third kappa shape index (κ3) is 3.70. The van der Waals surface area contributed by atoms with Crippen molar-refractivity contribution in [3.05, 3.63) is 94.2 Å². The van der Waals surface area contributed by atoms with Gasteiger partial charge in [0.05, 0.1) is 18.2 Å². The van der Waals surface area contributed by atoms with Crippen LogP contribution in [0.15, 0.2) is 66.4 Å². The van der Waals surface area contributed by atoms with E-state index >= 15 is 0 Å². The zero-order valence-corrected chi connectivity index (χ0v) is 16.9. The number of carbonyl (C=O) groups is 2. The third-order valence-electron chi connectivity index (χ3n) is 4.83. The van der Waals surface area contributed by atoms with Gasteiger partial charge in [0, 0.05) is 11.6 Å². The molecule has 150 valence electrons. The Morgan fingerprint density at radius 3 is 2.57 bits per heavy atom. The lowest BCUT2D eigenvalue weighted by molar-refractivity contribution is 0.0734. The summed E-state index contributed by atoms with van der Waals surface area (Å²) in [6.45, 7) is 3.70. The summed E-state index contributed by atoms with van der Waals surface area (Å²) in [7, 11) is 1.57. The smallest absolute Gasteiger partial charge is 0.343 e. The fraction of sp³-hybridized carbons (Fsp3) is 0.120. The van der Waals surface area contributed by atoms with Crippen LogP contribution in [0.25, 0.3) is 6.08 Å². The molecule has 4 rings (SSSR count). The Labute approximate surface area is 174 Å². The Bertz CT molecular complexity index is 1190. The van der Waals surface area contributed by atoms with Crippen LogP contribution >= 0.6 is 0 Å². The highest BCUT2D eigenvalue weighted by Gasteiger charge is 2.30. The minimum absolute atomic E-state index is 0.194. The van der Waals surface area contributed by atoms with E-state index < -0.39 is 5.97 Å². The number of methoxy groups -OCH3 is 1. The zero-order chi connectivity index (χ0) is 21.3. The van der Waals surface area contributed by atoms with Gasteiger partial charge in [0.15, 0.2) is 5.76 Å². The summed E-state index contributed by atoms with van der Waals surface area (Å²) in [6.07, 6.45) is 1.65. The molecule has 0 saturated heterocycles. The number of rotatable bonds is 4. The molecule has 0 atom stereocenters. The fourth-order valence-corrected chi connectivity index (χ4v) is 3.40. The van der Waals surface area contributed by atoms with Crippen LogP contribution < -0.4 is 14.2 Å². The molecule has 0 N–H and O–H groups in total.